The number of nitrogens with zero attached hydrogens (tertiary/aromatic N) is 2. The summed E-state index contributed by atoms with van der Waals surface area (Å²) < 4.78 is 0. The van der Waals surface area contributed by atoms with Crippen LogP contribution >= 0.6 is 11.6 Å². The third-order valence-electron chi connectivity index (χ3n) is 3.12. The molecule has 1 N–H and O–H groups in total. The minimum Gasteiger partial charge on any atom is -0.342 e. The fourth-order valence-electron chi connectivity index (χ4n) is 2.31. The van der Waals surface area contributed by atoms with Crippen molar-refractivity contribution in [2.45, 2.75) is 31.6 Å². The van der Waals surface area contributed by atoms with Crippen molar-refractivity contribution in [2.75, 3.05) is 0 Å². The summed E-state index contributed by atoms with van der Waals surface area (Å²) in [5, 5.41) is 0.494. The van der Waals surface area contributed by atoms with Gasteiger partial charge in [0.15, 0.2) is 5.15 Å². The second kappa shape index (κ2) is 3.49. The maximum atomic E-state index is 5.98. The average Bonchev–Trinajstić information content (AvgIpc) is 2.86. The van der Waals surface area contributed by atoms with Crippen molar-refractivity contribution in [2.24, 2.45) is 0 Å². The molecule has 0 aliphatic heterocycles. The zero-order valence-corrected chi connectivity index (χ0v) is 9.09. The van der Waals surface area contributed by atoms with Crippen molar-refractivity contribution in [3.8, 4) is 0 Å². The highest BCUT2D eigenvalue weighted by Gasteiger charge is 2.20. The molecule has 15 heavy (non-hydrogen) atoms. The fraction of sp³-hybridized carbons (Fsp3) is 0.455. The van der Waals surface area contributed by atoms with Crippen LogP contribution in [0.3, 0.4) is 0 Å². The molecule has 78 valence electrons. The molecule has 4 heteroatoms. The molecule has 0 saturated heterocycles. The van der Waals surface area contributed by atoms with Gasteiger partial charge in [0.1, 0.15) is 11.3 Å². The lowest BCUT2D eigenvalue weighted by Crippen LogP contribution is -1.94. The van der Waals surface area contributed by atoms with E-state index in [9.17, 15) is 0 Å². The molecular formula is C11H12ClN3. The highest BCUT2D eigenvalue weighted by Crippen LogP contribution is 2.33. The molecule has 1 aliphatic carbocycles. The van der Waals surface area contributed by atoms with Crippen LogP contribution in [-0.2, 0) is 0 Å². The quantitative estimate of drug-likeness (QED) is 0.751. The standard InChI is InChI=1S/C11H12ClN3/c12-10-9-8(5-6-13-10)14-11(15-9)7-3-1-2-4-7/h5-7H,1-4H2,(H,14,15). The van der Waals surface area contributed by atoms with Gasteiger partial charge in [0, 0.05) is 12.1 Å². The Morgan fingerprint density at radius 3 is 2.87 bits per heavy atom. The van der Waals surface area contributed by atoms with Crippen LogP contribution in [0, 0.1) is 0 Å². The summed E-state index contributed by atoms with van der Waals surface area (Å²) in [5.41, 5.74) is 1.80. The maximum absolute atomic E-state index is 5.98. The molecule has 0 atom stereocenters. The molecule has 1 fully saturated rings. The Balaban J connectivity index is 2.09. The summed E-state index contributed by atoms with van der Waals surface area (Å²) in [7, 11) is 0. The number of imidazole rings is 1. The average molecular weight is 222 g/mol. The molecule has 0 unspecified atom stereocenters. The number of fused-ring (bicyclic) bond motifs is 1. The molecular weight excluding hydrogens is 210 g/mol. The largest absolute Gasteiger partial charge is 0.342 e. The Labute approximate surface area is 92.9 Å². The summed E-state index contributed by atoms with van der Waals surface area (Å²) in [6.07, 6.45) is 6.82. The molecule has 2 heterocycles. The maximum Gasteiger partial charge on any atom is 0.156 e. The van der Waals surface area contributed by atoms with Gasteiger partial charge in [0.25, 0.3) is 0 Å². The van der Waals surface area contributed by atoms with E-state index in [1.807, 2.05) is 6.07 Å². The number of aromatic nitrogens is 3. The summed E-state index contributed by atoms with van der Waals surface area (Å²) in [6, 6.07) is 1.92. The number of pyridine rings is 1. The van der Waals surface area contributed by atoms with Crippen LogP contribution in [0.25, 0.3) is 11.0 Å². The summed E-state index contributed by atoms with van der Waals surface area (Å²) >= 11 is 5.98. The van der Waals surface area contributed by atoms with Crippen molar-refractivity contribution in [3.05, 3.63) is 23.2 Å². The summed E-state index contributed by atoms with van der Waals surface area (Å²) in [6.45, 7) is 0. The lowest BCUT2D eigenvalue weighted by Gasteiger charge is -2.02. The van der Waals surface area contributed by atoms with Crippen LogP contribution in [-0.4, -0.2) is 15.0 Å². The normalized spacial score (nSPS) is 17.7. The lowest BCUT2D eigenvalue weighted by molar-refractivity contribution is 0.681. The molecule has 3 nitrogen and oxygen atoms in total. The molecule has 0 radical (unpaired) electrons. The second-order valence-electron chi connectivity index (χ2n) is 4.10. The third kappa shape index (κ3) is 1.51. The zero-order valence-electron chi connectivity index (χ0n) is 8.33. The number of rotatable bonds is 1. The van der Waals surface area contributed by atoms with Gasteiger partial charge in [-0.3, -0.25) is 0 Å². The van der Waals surface area contributed by atoms with Crippen molar-refractivity contribution >= 4 is 22.6 Å². The van der Waals surface area contributed by atoms with Gasteiger partial charge >= 0.3 is 0 Å². The van der Waals surface area contributed by atoms with E-state index < -0.39 is 0 Å². The van der Waals surface area contributed by atoms with Gasteiger partial charge in [-0.2, -0.15) is 0 Å². The minimum absolute atomic E-state index is 0.494. The van der Waals surface area contributed by atoms with Gasteiger partial charge in [-0.15, -0.1) is 0 Å². The molecule has 0 aromatic carbocycles. The van der Waals surface area contributed by atoms with E-state index in [1.54, 1.807) is 6.20 Å². The summed E-state index contributed by atoms with van der Waals surface area (Å²) in [4.78, 5) is 11.9. The van der Waals surface area contributed by atoms with E-state index in [2.05, 4.69) is 15.0 Å². The molecule has 3 rings (SSSR count). The van der Waals surface area contributed by atoms with E-state index in [-0.39, 0.29) is 0 Å². The lowest BCUT2D eigenvalue weighted by atomic mass is 10.1. The van der Waals surface area contributed by atoms with Crippen LogP contribution in [0.5, 0.6) is 0 Å². The Bertz CT molecular complexity index is 486. The Morgan fingerprint density at radius 1 is 1.33 bits per heavy atom. The topological polar surface area (TPSA) is 41.6 Å². The first-order valence-corrected chi connectivity index (χ1v) is 5.72. The van der Waals surface area contributed by atoms with Gasteiger partial charge in [-0.05, 0) is 18.9 Å². The Hall–Kier alpha value is -1.09. The third-order valence-corrected chi connectivity index (χ3v) is 3.39. The van der Waals surface area contributed by atoms with E-state index >= 15 is 0 Å². The predicted molar refractivity (Wildman–Crippen MR) is 60.1 cm³/mol. The van der Waals surface area contributed by atoms with Crippen molar-refractivity contribution < 1.29 is 0 Å². The number of nitrogens with one attached hydrogen (secondary N) is 1. The number of hydrogen-bond donors (Lipinski definition) is 1. The highest BCUT2D eigenvalue weighted by atomic mass is 35.5. The van der Waals surface area contributed by atoms with Crippen LogP contribution in [0.4, 0.5) is 0 Å². The van der Waals surface area contributed by atoms with Gasteiger partial charge in [0.2, 0.25) is 0 Å². The first kappa shape index (κ1) is 9.16. The smallest absolute Gasteiger partial charge is 0.156 e. The molecule has 2 aromatic heterocycles. The van der Waals surface area contributed by atoms with Crippen molar-refractivity contribution in [3.63, 3.8) is 0 Å². The van der Waals surface area contributed by atoms with Gasteiger partial charge < -0.3 is 4.98 Å². The Morgan fingerprint density at radius 2 is 2.13 bits per heavy atom. The van der Waals surface area contributed by atoms with Crippen LogP contribution in [0.2, 0.25) is 5.15 Å². The predicted octanol–water partition coefficient (Wildman–Crippen LogP) is 3.27. The first-order chi connectivity index (χ1) is 7.34. The molecule has 2 aromatic rings. The van der Waals surface area contributed by atoms with Crippen molar-refractivity contribution in [1.82, 2.24) is 15.0 Å². The zero-order chi connectivity index (χ0) is 10.3. The molecule has 0 spiro atoms. The van der Waals surface area contributed by atoms with E-state index in [1.165, 1.54) is 25.7 Å². The van der Waals surface area contributed by atoms with E-state index in [0.29, 0.717) is 11.1 Å². The molecule has 0 bridgehead atoms. The SMILES string of the molecule is Clc1nccc2[nH]c(C3CCCC3)nc12. The Kier molecular flexibility index (Phi) is 2.13. The van der Waals surface area contributed by atoms with Gasteiger partial charge in [0.05, 0.1) is 5.52 Å². The van der Waals surface area contributed by atoms with Gasteiger partial charge in [-0.25, -0.2) is 9.97 Å². The monoisotopic (exact) mass is 221 g/mol. The summed E-state index contributed by atoms with van der Waals surface area (Å²) in [5.74, 6) is 1.67. The fourth-order valence-corrected chi connectivity index (χ4v) is 2.52. The van der Waals surface area contributed by atoms with Crippen LogP contribution < -0.4 is 0 Å². The number of halogens is 1. The molecule has 1 aliphatic rings. The first-order valence-electron chi connectivity index (χ1n) is 5.35. The minimum atomic E-state index is 0.494. The molecule has 0 amide bonds. The van der Waals surface area contributed by atoms with Crippen LogP contribution in [0.1, 0.15) is 37.4 Å². The second-order valence-corrected chi connectivity index (χ2v) is 4.46. The van der Waals surface area contributed by atoms with Gasteiger partial charge in [-0.1, -0.05) is 24.4 Å². The van der Waals surface area contributed by atoms with E-state index in [0.717, 1.165) is 16.9 Å². The molecule has 1 saturated carbocycles. The number of hydrogen-bond acceptors (Lipinski definition) is 2. The van der Waals surface area contributed by atoms with Crippen molar-refractivity contribution in [1.29, 1.82) is 0 Å². The van der Waals surface area contributed by atoms with Crippen LogP contribution in [0.15, 0.2) is 12.3 Å². The van der Waals surface area contributed by atoms with E-state index in [4.69, 9.17) is 11.6 Å². The highest BCUT2D eigenvalue weighted by molar-refractivity contribution is 6.33. The number of aromatic amines is 1. The number of H-pyrrole nitrogens is 1.